The molecule has 1 aromatic carbocycles. The maximum Gasteiger partial charge on any atom is 0.0802 e. The molecule has 0 heterocycles. The summed E-state index contributed by atoms with van der Waals surface area (Å²) in [6, 6.07) is 6.09. The molecule has 0 saturated heterocycles. The molecule has 0 fully saturated rings. The van der Waals surface area contributed by atoms with Crippen LogP contribution in [0.1, 0.15) is 68.7 Å². The van der Waals surface area contributed by atoms with E-state index in [4.69, 9.17) is 5.73 Å². The van der Waals surface area contributed by atoms with Crippen molar-refractivity contribution in [1.29, 1.82) is 0 Å². The van der Waals surface area contributed by atoms with Crippen LogP contribution in [0, 0.1) is 6.92 Å². The van der Waals surface area contributed by atoms with E-state index in [2.05, 4.69) is 26.0 Å². The van der Waals surface area contributed by atoms with Crippen LogP contribution in [0.5, 0.6) is 0 Å². The van der Waals surface area contributed by atoms with Gasteiger partial charge in [-0.25, -0.2) is 0 Å². The number of aliphatic hydroxyl groups is 2. The average molecular weight is 293 g/mol. The Kier molecular flexibility index (Phi) is 7.36. The second-order valence-electron chi connectivity index (χ2n) is 6.11. The van der Waals surface area contributed by atoms with Crippen molar-refractivity contribution in [3.63, 3.8) is 0 Å². The predicted octanol–water partition coefficient (Wildman–Crippen LogP) is 3.25. The summed E-state index contributed by atoms with van der Waals surface area (Å²) in [5.41, 5.74) is 8.30. The molecule has 0 aromatic heterocycles. The van der Waals surface area contributed by atoms with Crippen LogP contribution in [-0.2, 0) is 6.42 Å². The molecule has 1 aromatic rings. The largest absolute Gasteiger partial charge is 0.390 e. The quantitative estimate of drug-likeness (QED) is 0.655. The fourth-order valence-corrected chi connectivity index (χ4v) is 2.80. The molecule has 0 aliphatic heterocycles. The van der Waals surface area contributed by atoms with Crippen LogP contribution in [0.15, 0.2) is 18.2 Å². The molecule has 0 spiro atoms. The zero-order chi connectivity index (χ0) is 15.9. The maximum atomic E-state index is 10.6. The van der Waals surface area contributed by atoms with Crippen molar-refractivity contribution in [2.45, 2.75) is 71.0 Å². The summed E-state index contributed by atoms with van der Waals surface area (Å²) in [7, 11) is 0. The smallest absolute Gasteiger partial charge is 0.0802 e. The van der Waals surface area contributed by atoms with Crippen molar-refractivity contribution < 1.29 is 10.2 Å². The zero-order valence-corrected chi connectivity index (χ0v) is 13.7. The molecule has 3 nitrogen and oxygen atoms in total. The van der Waals surface area contributed by atoms with Crippen LogP contribution in [-0.4, -0.2) is 22.4 Å². The summed E-state index contributed by atoms with van der Waals surface area (Å²) in [6.45, 7) is 6.72. The van der Waals surface area contributed by atoms with Crippen molar-refractivity contribution in [2.24, 2.45) is 5.73 Å². The molecule has 21 heavy (non-hydrogen) atoms. The third-order valence-electron chi connectivity index (χ3n) is 4.43. The van der Waals surface area contributed by atoms with Gasteiger partial charge in [-0.1, -0.05) is 38.5 Å². The Hall–Kier alpha value is -0.900. The van der Waals surface area contributed by atoms with Gasteiger partial charge in [-0.05, 0) is 62.3 Å². The zero-order valence-electron chi connectivity index (χ0n) is 13.7. The number of rotatable bonds is 9. The van der Waals surface area contributed by atoms with E-state index in [9.17, 15) is 10.2 Å². The Balaban J connectivity index is 2.80. The van der Waals surface area contributed by atoms with Crippen LogP contribution in [0.3, 0.4) is 0 Å². The number of hydrogen-bond acceptors (Lipinski definition) is 3. The highest BCUT2D eigenvalue weighted by molar-refractivity contribution is 5.32. The summed E-state index contributed by atoms with van der Waals surface area (Å²) in [4.78, 5) is 0. The highest BCUT2D eigenvalue weighted by Crippen LogP contribution is 2.26. The van der Waals surface area contributed by atoms with Crippen molar-refractivity contribution in [3.8, 4) is 0 Å². The van der Waals surface area contributed by atoms with Gasteiger partial charge >= 0.3 is 0 Å². The van der Waals surface area contributed by atoms with E-state index >= 15 is 0 Å². The monoisotopic (exact) mass is 293 g/mol. The van der Waals surface area contributed by atoms with Gasteiger partial charge in [-0.2, -0.15) is 0 Å². The maximum absolute atomic E-state index is 10.6. The first-order valence-electron chi connectivity index (χ1n) is 8.15. The van der Waals surface area contributed by atoms with Gasteiger partial charge in [0.2, 0.25) is 0 Å². The van der Waals surface area contributed by atoms with Crippen molar-refractivity contribution in [1.82, 2.24) is 0 Å². The first-order chi connectivity index (χ1) is 9.95. The molecule has 1 rings (SSSR count). The standard InChI is InChI=1S/C18H31NO2/c1-4-10-18(21,5-2)11-8-15-13-16(7-6-14(15)3)17(20)9-12-19/h6-7,13,17,20-21H,4-5,8-12,19H2,1-3H3. The minimum atomic E-state index is -0.562. The minimum Gasteiger partial charge on any atom is -0.390 e. The summed E-state index contributed by atoms with van der Waals surface area (Å²) in [5.74, 6) is 0. The third-order valence-corrected chi connectivity index (χ3v) is 4.43. The van der Waals surface area contributed by atoms with Crippen molar-refractivity contribution in [3.05, 3.63) is 34.9 Å². The molecule has 4 N–H and O–H groups in total. The second-order valence-corrected chi connectivity index (χ2v) is 6.11. The highest BCUT2D eigenvalue weighted by atomic mass is 16.3. The summed E-state index contributed by atoms with van der Waals surface area (Å²) < 4.78 is 0. The van der Waals surface area contributed by atoms with E-state index in [1.54, 1.807) is 0 Å². The molecule has 2 unspecified atom stereocenters. The first-order valence-corrected chi connectivity index (χ1v) is 8.15. The van der Waals surface area contributed by atoms with E-state index in [-0.39, 0.29) is 0 Å². The highest BCUT2D eigenvalue weighted by Gasteiger charge is 2.23. The SMILES string of the molecule is CCCC(O)(CC)CCc1cc(C(O)CCN)ccc1C. The number of aryl methyl sites for hydroxylation is 2. The molecule has 3 heteroatoms. The third kappa shape index (κ3) is 5.42. The van der Waals surface area contributed by atoms with Crippen LogP contribution < -0.4 is 5.73 Å². The van der Waals surface area contributed by atoms with Crippen LogP contribution >= 0.6 is 0 Å². The average Bonchev–Trinajstić information content (AvgIpc) is 2.47. The lowest BCUT2D eigenvalue weighted by atomic mass is 9.87. The van der Waals surface area contributed by atoms with Gasteiger partial charge in [-0.15, -0.1) is 0 Å². The molecule has 120 valence electrons. The van der Waals surface area contributed by atoms with Crippen molar-refractivity contribution in [2.75, 3.05) is 6.54 Å². The van der Waals surface area contributed by atoms with Crippen LogP contribution in [0.4, 0.5) is 0 Å². The molecule has 0 saturated carbocycles. The number of nitrogens with two attached hydrogens (primary N) is 1. The molecule has 2 atom stereocenters. The van der Waals surface area contributed by atoms with Gasteiger partial charge < -0.3 is 15.9 Å². The minimum absolute atomic E-state index is 0.483. The topological polar surface area (TPSA) is 66.5 Å². The van der Waals surface area contributed by atoms with E-state index in [0.717, 1.165) is 37.7 Å². The summed E-state index contributed by atoms with van der Waals surface area (Å²) >= 11 is 0. The Morgan fingerprint density at radius 2 is 1.95 bits per heavy atom. The van der Waals surface area contributed by atoms with E-state index in [1.165, 1.54) is 11.1 Å². The molecule has 0 bridgehead atoms. The number of aliphatic hydroxyl groups excluding tert-OH is 1. The van der Waals surface area contributed by atoms with Gasteiger partial charge in [0.05, 0.1) is 11.7 Å². The second kappa shape index (κ2) is 8.52. The van der Waals surface area contributed by atoms with Gasteiger partial charge in [-0.3, -0.25) is 0 Å². The van der Waals surface area contributed by atoms with Gasteiger partial charge in [0.25, 0.3) is 0 Å². The van der Waals surface area contributed by atoms with Gasteiger partial charge in [0.1, 0.15) is 0 Å². The van der Waals surface area contributed by atoms with Crippen molar-refractivity contribution >= 4 is 0 Å². The molecule has 0 radical (unpaired) electrons. The van der Waals surface area contributed by atoms with E-state index in [1.807, 2.05) is 13.0 Å². The Morgan fingerprint density at radius 3 is 2.52 bits per heavy atom. The Bertz CT molecular complexity index is 433. The lowest BCUT2D eigenvalue weighted by Crippen LogP contribution is -2.28. The van der Waals surface area contributed by atoms with Crippen LogP contribution in [0.2, 0.25) is 0 Å². The molecular formula is C18H31NO2. The summed E-state index contributed by atoms with van der Waals surface area (Å²) in [6.07, 6.45) is 4.34. The fourth-order valence-electron chi connectivity index (χ4n) is 2.80. The fraction of sp³-hybridized carbons (Fsp3) is 0.667. The van der Waals surface area contributed by atoms with Gasteiger partial charge in [0.15, 0.2) is 0 Å². The number of hydrogen-bond donors (Lipinski definition) is 3. The number of benzene rings is 1. The lowest BCUT2D eigenvalue weighted by molar-refractivity contribution is 0.0185. The Labute approximate surface area is 129 Å². The normalized spacial score (nSPS) is 15.7. The Morgan fingerprint density at radius 1 is 1.24 bits per heavy atom. The molecular weight excluding hydrogens is 262 g/mol. The molecule has 0 aliphatic rings. The molecule has 0 aliphatic carbocycles. The van der Waals surface area contributed by atoms with Gasteiger partial charge in [0, 0.05) is 0 Å². The lowest BCUT2D eigenvalue weighted by Gasteiger charge is -2.27. The first kappa shape index (κ1) is 18.1. The molecule has 0 amide bonds. The van der Waals surface area contributed by atoms with E-state index < -0.39 is 11.7 Å². The predicted molar refractivity (Wildman–Crippen MR) is 88.3 cm³/mol. The summed E-state index contributed by atoms with van der Waals surface area (Å²) in [5, 5.41) is 20.6. The van der Waals surface area contributed by atoms with E-state index in [0.29, 0.717) is 13.0 Å². The van der Waals surface area contributed by atoms with Crippen LogP contribution in [0.25, 0.3) is 0 Å².